The van der Waals surface area contributed by atoms with Crippen molar-refractivity contribution in [2.45, 2.75) is 51.9 Å². The maximum Gasteiger partial charge on any atom is -0.0355 e. The van der Waals surface area contributed by atoms with Crippen molar-refractivity contribution in [2.75, 3.05) is 0 Å². The summed E-state index contributed by atoms with van der Waals surface area (Å²) in [5.74, 6) is 5.67. The first-order valence-corrected chi connectivity index (χ1v) is 6.34. The Hall–Kier alpha value is 0. The fraction of sp³-hybridized carbons (Fsp3) is 1.00. The molecule has 13 heavy (non-hydrogen) atoms. The average Bonchev–Trinajstić information content (AvgIpc) is 2.03. The van der Waals surface area contributed by atoms with E-state index in [2.05, 4.69) is 6.92 Å². The van der Waals surface area contributed by atoms with E-state index in [-0.39, 0.29) is 0 Å². The molecule has 0 N–H and O–H groups in total. The highest BCUT2D eigenvalue weighted by atomic mass is 14.5. The molecule has 3 unspecified atom stereocenters. The van der Waals surface area contributed by atoms with E-state index in [0.29, 0.717) is 0 Å². The molecule has 0 aromatic carbocycles. The van der Waals surface area contributed by atoms with Gasteiger partial charge >= 0.3 is 0 Å². The van der Waals surface area contributed by atoms with E-state index >= 15 is 0 Å². The van der Waals surface area contributed by atoms with Gasteiger partial charge in [0.15, 0.2) is 0 Å². The second-order valence-electron chi connectivity index (χ2n) is 5.90. The number of rotatable bonds is 1. The van der Waals surface area contributed by atoms with Crippen molar-refractivity contribution in [3.8, 4) is 0 Å². The van der Waals surface area contributed by atoms with E-state index in [1.165, 1.54) is 18.3 Å². The molecule has 4 atom stereocenters. The summed E-state index contributed by atoms with van der Waals surface area (Å²) in [5.41, 5.74) is 0. The first-order valence-electron chi connectivity index (χ1n) is 6.34. The molecule has 4 saturated carbocycles. The van der Waals surface area contributed by atoms with Crippen LogP contribution in [0.3, 0.4) is 0 Å². The first kappa shape index (κ1) is 8.32. The van der Waals surface area contributed by atoms with E-state index in [9.17, 15) is 0 Å². The van der Waals surface area contributed by atoms with E-state index in [1.807, 2.05) is 0 Å². The number of hydrogen-bond donors (Lipinski definition) is 0. The Morgan fingerprint density at radius 3 is 2.00 bits per heavy atom. The van der Waals surface area contributed by atoms with Gasteiger partial charge in [-0.15, -0.1) is 0 Å². The average molecular weight is 178 g/mol. The van der Waals surface area contributed by atoms with Gasteiger partial charge < -0.3 is 0 Å². The van der Waals surface area contributed by atoms with E-state index in [1.54, 1.807) is 38.5 Å². The highest BCUT2D eigenvalue weighted by molar-refractivity contribution is 4.94. The number of fused-ring (bicyclic) bond motifs is 3. The van der Waals surface area contributed by atoms with Crippen molar-refractivity contribution in [3.63, 3.8) is 0 Å². The third-order valence-electron chi connectivity index (χ3n) is 5.32. The number of hydrogen-bond acceptors (Lipinski definition) is 0. The Balaban J connectivity index is 1.71. The molecule has 0 nitrogen and oxygen atoms in total. The van der Waals surface area contributed by atoms with Crippen molar-refractivity contribution >= 4 is 0 Å². The van der Waals surface area contributed by atoms with Crippen LogP contribution in [0.4, 0.5) is 0 Å². The monoisotopic (exact) mass is 178 g/mol. The molecule has 0 heteroatoms. The zero-order valence-corrected chi connectivity index (χ0v) is 8.84. The minimum absolute atomic E-state index is 1.06. The Labute approximate surface area is 82.1 Å². The van der Waals surface area contributed by atoms with Crippen LogP contribution in [0.2, 0.25) is 0 Å². The molecular weight excluding hydrogens is 156 g/mol. The molecule has 2 bridgehead atoms. The molecule has 0 aliphatic heterocycles. The lowest BCUT2D eigenvalue weighted by Crippen LogP contribution is -2.41. The second kappa shape index (κ2) is 3.00. The van der Waals surface area contributed by atoms with Gasteiger partial charge in [-0.25, -0.2) is 0 Å². The molecule has 0 amide bonds. The summed E-state index contributed by atoms with van der Waals surface area (Å²) in [7, 11) is 0. The van der Waals surface area contributed by atoms with Gasteiger partial charge in [-0.2, -0.15) is 0 Å². The molecule has 4 aliphatic rings. The molecule has 0 aromatic heterocycles. The fourth-order valence-corrected chi connectivity index (χ4v) is 4.23. The summed E-state index contributed by atoms with van der Waals surface area (Å²) in [6, 6.07) is 0. The predicted octanol–water partition coefficient (Wildman–Crippen LogP) is 3.86. The molecule has 4 aliphatic carbocycles. The van der Waals surface area contributed by atoms with Crippen LogP contribution in [-0.2, 0) is 0 Å². The summed E-state index contributed by atoms with van der Waals surface area (Å²) in [4.78, 5) is 0. The summed E-state index contributed by atoms with van der Waals surface area (Å²) >= 11 is 0. The van der Waals surface area contributed by atoms with E-state index in [0.717, 1.165) is 17.8 Å². The molecule has 4 rings (SSSR count). The molecule has 0 saturated heterocycles. The summed E-state index contributed by atoms with van der Waals surface area (Å²) in [5, 5.41) is 0. The first-order chi connectivity index (χ1) is 6.34. The zero-order chi connectivity index (χ0) is 8.84. The van der Waals surface area contributed by atoms with Crippen molar-refractivity contribution in [3.05, 3.63) is 0 Å². The smallest absolute Gasteiger partial charge is 0.0355 e. The van der Waals surface area contributed by atoms with Crippen molar-refractivity contribution in [1.29, 1.82) is 0 Å². The normalized spacial score (nSPS) is 50.5. The highest BCUT2D eigenvalue weighted by Gasteiger charge is 2.43. The van der Waals surface area contributed by atoms with Gasteiger partial charge in [0.05, 0.1) is 0 Å². The molecule has 0 radical (unpaired) electrons. The van der Waals surface area contributed by atoms with Gasteiger partial charge in [-0.3, -0.25) is 0 Å². The minimum atomic E-state index is 1.06. The molecular formula is C13H22. The minimum Gasteiger partial charge on any atom is -0.0622 e. The summed E-state index contributed by atoms with van der Waals surface area (Å²) < 4.78 is 0. The Morgan fingerprint density at radius 1 is 0.769 bits per heavy atom. The van der Waals surface area contributed by atoms with Crippen LogP contribution in [-0.4, -0.2) is 0 Å². The summed E-state index contributed by atoms with van der Waals surface area (Å²) in [6.45, 7) is 2.49. The van der Waals surface area contributed by atoms with Gasteiger partial charge in [0.2, 0.25) is 0 Å². The lowest BCUT2D eigenvalue weighted by atomic mass is 9.55. The SMILES string of the molecule is C[C@@H]1CC2CCC1CC2C1CCC1. The molecule has 74 valence electrons. The largest absolute Gasteiger partial charge is 0.0622 e. The molecule has 0 aromatic rings. The molecule has 0 heterocycles. The fourth-order valence-electron chi connectivity index (χ4n) is 4.23. The van der Waals surface area contributed by atoms with Crippen LogP contribution >= 0.6 is 0 Å². The van der Waals surface area contributed by atoms with Gasteiger partial charge in [0.25, 0.3) is 0 Å². The third-order valence-corrected chi connectivity index (χ3v) is 5.32. The summed E-state index contributed by atoms with van der Waals surface area (Å²) in [6.07, 6.45) is 11.0. The topological polar surface area (TPSA) is 0 Å². The maximum atomic E-state index is 2.49. The zero-order valence-electron chi connectivity index (χ0n) is 8.84. The van der Waals surface area contributed by atoms with E-state index < -0.39 is 0 Å². The standard InChI is InChI=1S/C13H22/c1-9-7-12-6-5-11(9)8-13(12)10-3-2-4-10/h9-13H,2-8H2,1H3/t9-,11?,12?,13?/m1/s1. The van der Waals surface area contributed by atoms with Crippen molar-refractivity contribution in [2.24, 2.45) is 29.6 Å². The van der Waals surface area contributed by atoms with Crippen LogP contribution in [0.1, 0.15) is 51.9 Å². The molecule has 4 fully saturated rings. The second-order valence-corrected chi connectivity index (χ2v) is 5.90. The lowest BCUT2D eigenvalue weighted by Gasteiger charge is -2.51. The van der Waals surface area contributed by atoms with Gasteiger partial charge in [0.1, 0.15) is 0 Å². The van der Waals surface area contributed by atoms with E-state index in [4.69, 9.17) is 0 Å². The molecule has 0 spiro atoms. The van der Waals surface area contributed by atoms with Gasteiger partial charge in [-0.05, 0) is 55.3 Å². The van der Waals surface area contributed by atoms with Crippen molar-refractivity contribution < 1.29 is 0 Å². The van der Waals surface area contributed by atoms with Crippen LogP contribution in [0.15, 0.2) is 0 Å². The predicted molar refractivity (Wildman–Crippen MR) is 55.4 cm³/mol. The third kappa shape index (κ3) is 1.25. The quantitative estimate of drug-likeness (QED) is 0.572. The van der Waals surface area contributed by atoms with Gasteiger partial charge in [0, 0.05) is 0 Å². The van der Waals surface area contributed by atoms with Crippen LogP contribution in [0.25, 0.3) is 0 Å². The van der Waals surface area contributed by atoms with Crippen LogP contribution < -0.4 is 0 Å². The maximum absolute atomic E-state index is 2.49. The Kier molecular flexibility index (Phi) is 1.92. The lowest BCUT2D eigenvalue weighted by molar-refractivity contribution is -0.00513. The Bertz CT molecular complexity index is 192. The highest BCUT2D eigenvalue weighted by Crippen LogP contribution is 2.53. The van der Waals surface area contributed by atoms with Crippen LogP contribution in [0, 0.1) is 29.6 Å². The Morgan fingerprint density at radius 2 is 1.54 bits per heavy atom. The van der Waals surface area contributed by atoms with Gasteiger partial charge in [-0.1, -0.05) is 26.2 Å². The van der Waals surface area contributed by atoms with Crippen molar-refractivity contribution in [1.82, 2.24) is 0 Å². The van der Waals surface area contributed by atoms with Crippen LogP contribution in [0.5, 0.6) is 0 Å².